The minimum Gasteiger partial charge on any atom is -0.480 e. The summed E-state index contributed by atoms with van der Waals surface area (Å²) in [6, 6.07) is 2.59. The zero-order valence-electron chi connectivity index (χ0n) is 10.6. The maximum atomic E-state index is 13.0. The number of carboxylic acids is 1. The van der Waals surface area contributed by atoms with E-state index >= 15 is 0 Å². The molecule has 21 heavy (non-hydrogen) atoms. The van der Waals surface area contributed by atoms with Gasteiger partial charge >= 0.3 is 5.97 Å². The molecule has 2 rings (SSSR count). The molecular weight excluding hydrogens is 392 g/mol. The standard InChI is InChI=1S/C13H11FIN3O3/c14-7-1-2-9(10(15)3-7)12(19)18-11(13(20)21)4-8-5-16-6-17-8/h1-3,5-6,11H,4H2,(H,16,17)(H,18,19)(H,20,21). The van der Waals surface area contributed by atoms with Crippen molar-refractivity contribution >= 4 is 34.5 Å². The van der Waals surface area contributed by atoms with Gasteiger partial charge in [0, 0.05) is 21.9 Å². The van der Waals surface area contributed by atoms with Gasteiger partial charge in [-0.25, -0.2) is 14.2 Å². The highest BCUT2D eigenvalue weighted by atomic mass is 127. The molecule has 110 valence electrons. The molecular formula is C13H11FIN3O3. The summed E-state index contributed by atoms with van der Waals surface area (Å²) in [4.78, 5) is 29.9. The van der Waals surface area contributed by atoms with E-state index in [2.05, 4.69) is 15.3 Å². The van der Waals surface area contributed by atoms with Gasteiger partial charge in [-0.2, -0.15) is 0 Å². The number of carbonyl (C=O) groups is 2. The number of halogens is 2. The van der Waals surface area contributed by atoms with Crippen LogP contribution in [0.2, 0.25) is 0 Å². The minimum absolute atomic E-state index is 0.0822. The Labute approximate surface area is 132 Å². The van der Waals surface area contributed by atoms with E-state index < -0.39 is 23.7 Å². The van der Waals surface area contributed by atoms with Crippen LogP contribution in [-0.2, 0) is 11.2 Å². The molecule has 8 heteroatoms. The lowest BCUT2D eigenvalue weighted by Crippen LogP contribution is -2.42. The second kappa shape index (κ2) is 6.66. The molecule has 0 fully saturated rings. The number of hydrogen-bond donors (Lipinski definition) is 3. The fourth-order valence-corrected chi connectivity index (χ4v) is 2.45. The van der Waals surface area contributed by atoms with E-state index in [4.69, 9.17) is 0 Å². The number of aromatic nitrogens is 2. The topological polar surface area (TPSA) is 95.1 Å². The van der Waals surface area contributed by atoms with Crippen molar-refractivity contribution in [3.05, 3.63) is 51.4 Å². The fraction of sp³-hybridized carbons (Fsp3) is 0.154. The number of aromatic amines is 1. The molecule has 0 aliphatic heterocycles. The van der Waals surface area contributed by atoms with Crippen molar-refractivity contribution in [3.8, 4) is 0 Å². The number of rotatable bonds is 5. The molecule has 0 spiro atoms. The number of carboxylic acid groups (broad SMARTS) is 1. The molecule has 0 radical (unpaired) electrons. The van der Waals surface area contributed by atoms with E-state index in [-0.39, 0.29) is 12.0 Å². The number of benzene rings is 1. The first-order chi connectivity index (χ1) is 9.97. The first-order valence-corrected chi connectivity index (χ1v) is 7.01. The summed E-state index contributed by atoms with van der Waals surface area (Å²) >= 11 is 1.82. The summed E-state index contributed by atoms with van der Waals surface area (Å²) in [5, 5.41) is 11.6. The molecule has 0 bridgehead atoms. The van der Waals surface area contributed by atoms with Crippen molar-refractivity contribution < 1.29 is 19.1 Å². The number of aliphatic carboxylic acids is 1. The van der Waals surface area contributed by atoms with Gasteiger partial charge in [-0.1, -0.05) is 0 Å². The molecule has 1 aromatic carbocycles. The normalized spacial score (nSPS) is 11.9. The van der Waals surface area contributed by atoms with E-state index in [9.17, 15) is 19.1 Å². The minimum atomic E-state index is -1.16. The Hall–Kier alpha value is -1.97. The van der Waals surface area contributed by atoms with Crippen LogP contribution in [0, 0.1) is 9.39 Å². The first-order valence-electron chi connectivity index (χ1n) is 5.93. The smallest absolute Gasteiger partial charge is 0.326 e. The van der Waals surface area contributed by atoms with Crippen LogP contribution in [0.4, 0.5) is 4.39 Å². The van der Waals surface area contributed by atoms with E-state index in [1.807, 2.05) is 22.6 Å². The highest BCUT2D eigenvalue weighted by molar-refractivity contribution is 14.1. The number of H-pyrrole nitrogens is 1. The Morgan fingerprint density at radius 2 is 2.24 bits per heavy atom. The van der Waals surface area contributed by atoms with Crippen LogP contribution >= 0.6 is 22.6 Å². The average Bonchev–Trinajstić information content (AvgIpc) is 2.90. The summed E-state index contributed by atoms with van der Waals surface area (Å²) in [7, 11) is 0. The number of carbonyl (C=O) groups excluding carboxylic acids is 1. The van der Waals surface area contributed by atoms with E-state index in [1.165, 1.54) is 24.7 Å². The number of imidazole rings is 1. The highest BCUT2D eigenvalue weighted by Crippen LogP contribution is 2.14. The predicted molar refractivity (Wildman–Crippen MR) is 80.3 cm³/mol. The van der Waals surface area contributed by atoms with Crippen LogP contribution in [0.3, 0.4) is 0 Å². The summed E-state index contributed by atoms with van der Waals surface area (Å²) in [6.07, 6.45) is 3.00. The lowest BCUT2D eigenvalue weighted by Gasteiger charge is -2.14. The van der Waals surface area contributed by atoms with Gasteiger partial charge in [-0.3, -0.25) is 4.79 Å². The summed E-state index contributed by atoms with van der Waals surface area (Å²) < 4.78 is 13.4. The third-order valence-corrected chi connectivity index (χ3v) is 3.65. The molecule has 1 atom stereocenters. The molecule has 0 saturated carbocycles. The maximum Gasteiger partial charge on any atom is 0.326 e. The molecule has 1 unspecified atom stereocenters. The van der Waals surface area contributed by atoms with Gasteiger partial charge in [0.15, 0.2) is 0 Å². The predicted octanol–water partition coefficient (Wildman–Crippen LogP) is 1.58. The Morgan fingerprint density at radius 3 is 2.81 bits per heavy atom. The van der Waals surface area contributed by atoms with Crippen molar-refractivity contribution in [2.75, 3.05) is 0 Å². The monoisotopic (exact) mass is 403 g/mol. The van der Waals surface area contributed by atoms with Crippen LogP contribution in [-0.4, -0.2) is 33.0 Å². The molecule has 0 aliphatic rings. The van der Waals surface area contributed by atoms with Gasteiger partial charge in [0.25, 0.3) is 5.91 Å². The van der Waals surface area contributed by atoms with Gasteiger partial charge < -0.3 is 15.4 Å². The van der Waals surface area contributed by atoms with Crippen molar-refractivity contribution in [2.24, 2.45) is 0 Å². The molecule has 1 heterocycles. The van der Waals surface area contributed by atoms with Gasteiger partial charge in [0.2, 0.25) is 0 Å². The first kappa shape index (κ1) is 15.4. The van der Waals surface area contributed by atoms with Gasteiger partial charge in [-0.05, 0) is 40.8 Å². The molecule has 3 N–H and O–H groups in total. The Kier molecular flexibility index (Phi) is 4.89. The molecule has 2 aromatic rings. The largest absolute Gasteiger partial charge is 0.480 e. The fourth-order valence-electron chi connectivity index (χ4n) is 1.73. The van der Waals surface area contributed by atoms with Crippen LogP contribution in [0.1, 0.15) is 16.1 Å². The van der Waals surface area contributed by atoms with Gasteiger partial charge in [-0.15, -0.1) is 0 Å². The number of nitrogens with one attached hydrogen (secondary N) is 2. The number of hydrogen-bond acceptors (Lipinski definition) is 3. The van der Waals surface area contributed by atoms with Gasteiger partial charge in [0.1, 0.15) is 11.9 Å². The third-order valence-electron chi connectivity index (χ3n) is 2.76. The molecule has 0 aliphatic carbocycles. The number of nitrogens with zero attached hydrogens (tertiary/aromatic N) is 1. The van der Waals surface area contributed by atoms with Crippen LogP contribution in [0.5, 0.6) is 0 Å². The van der Waals surface area contributed by atoms with Crippen LogP contribution in [0.15, 0.2) is 30.7 Å². The quantitative estimate of drug-likeness (QED) is 0.661. The summed E-state index contributed by atoms with van der Waals surface area (Å²) in [5.41, 5.74) is 0.823. The number of amides is 1. The molecule has 1 aromatic heterocycles. The summed E-state index contributed by atoms with van der Waals surface area (Å²) in [6.45, 7) is 0. The Bertz CT molecular complexity index is 661. The highest BCUT2D eigenvalue weighted by Gasteiger charge is 2.22. The lowest BCUT2D eigenvalue weighted by atomic mass is 10.1. The van der Waals surface area contributed by atoms with Crippen molar-refractivity contribution in [2.45, 2.75) is 12.5 Å². The van der Waals surface area contributed by atoms with Crippen LogP contribution in [0.25, 0.3) is 0 Å². The zero-order chi connectivity index (χ0) is 15.4. The van der Waals surface area contributed by atoms with Crippen molar-refractivity contribution in [3.63, 3.8) is 0 Å². The Balaban J connectivity index is 2.12. The van der Waals surface area contributed by atoms with Crippen molar-refractivity contribution in [1.82, 2.24) is 15.3 Å². The van der Waals surface area contributed by atoms with E-state index in [0.29, 0.717) is 9.26 Å². The average molecular weight is 403 g/mol. The van der Waals surface area contributed by atoms with Crippen LogP contribution < -0.4 is 5.32 Å². The molecule has 6 nitrogen and oxygen atoms in total. The van der Waals surface area contributed by atoms with Gasteiger partial charge in [0.05, 0.1) is 11.9 Å². The SMILES string of the molecule is O=C(NC(Cc1cnc[nH]1)C(=O)O)c1ccc(F)cc1I. The molecule has 1 amide bonds. The lowest BCUT2D eigenvalue weighted by molar-refractivity contribution is -0.139. The second-order valence-corrected chi connectivity index (χ2v) is 5.43. The van der Waals surface area contributed by atoms with Crippen molar-refractivity contribution in [1.29, 1.82) is 0 Å². The summed E-state index contributed by atoms with van der Waals surface area (Å²) in [5.74, 6) is -2.18. The Morgan fingerprint density at radius 1 is 1.48 bits per heavy atom. The second-order valence-electron chi connectivity index (χ2n) is 4.27. The maximum absolute atomic E-state index is 13.0. The third kappa shape index (κ3) is 4.00. The van der Waals surface area contributed by atoms with E-state index in [0.717, 1.165) is 6.07 Å². The van der Waals surface area contributed by atoms with E-state index in [1.54, 1.807) is 0 Å². The molecule has 0 saturated heterocycles. The zero-order valence-corrected chi connectivity index (χ0v) is 12.8.